The smallest absolute Gasteiger partial charge is 0.261 e. The van der Waals surface area contributed by atoms with Crippen LogP contribution in [0.5, 0.6) is 0 Å². The van der Waals surface area contributed by atoms with E-state index in [4.69, 9.17) is 4.74 Å². The summed E-state index contributed by atoms with van der Waals surface area (Å²) in [7, 11) is 1.82. The van der Waals surface area contributed by atoms with Crippen LogP contribution in [-0.4, -0.2) is 98.0 Å². The van der Waals surface area contributed by atoms with Crippen molar-refractivity contribution in [2.75, 3.05) is 59.5 Å². The molecule has 0 bridgehead atoms. The van der Waals surface area contributed by atoms with E-state index in [1.54, 1.807) is 24.3 Å². The lowest BCUT2D eigenvalue weighted by atomic mass is 10.1. The summed E-state index contributed by atoms with van der Waals surface area (Å²) in [4.78, 5) is 35.5. The molecular formula is C22H32IN5O3. The monoisotopic (exact) mass is 541 g/mol. The number of likely N-dealkylation sites (tertiary alicyclic amines) is 1. The summed E-state index contributed by atoms with van der Waals surface area (Å²) in [6.07, 6.45) is 2.79. The van der Waals surface area contributed by atoms with Crippen LogP contribution in [0.3, 0.4) is 0 Å². The molecule has 0 aliphatic carbocycles. The molecule has 4 rings (SSSR count). The van der Waals surface area contributed by atoms with Gasteiger partial charge in [0.2, 0.25) is 0 Å². The number of nitrogens with zero attached hydrogens (tertiary/aromatic N) is 4. The van der Waals surface area contributed by atoms with Crippen LogP contribution in [0.4, 0.5) is 0 Å². The first kappa shape index (κ1) is 23.9. The molecule has 170 valence electrons. The first-order valence-corrected chi connectivity index (χ1v) is 10.9. The number of carbonyl (C=O) groups is 2. The van der Waals surface area contributed by atoms with Gasteiger partial charge in [-0.2, -0.15) is 0 Å². The second-order valence-corrected chi connectivity index (χ2v) is 8.03. The number of halogens is 1. The van der Waals surface area contributed by atoms with E-state index in [1.165, 1.54) is 4.90 Å². The molecule has 1 aromatic rings. The Morgan fingerprint density at radius 1 is 1.10 bits per heavy atom. The molecule has 2 saturated heterocycles. The number of ether oxygens (including phenoxy) is 1. The van der Waals surface area contributed by atoms with E-state index in [2.05, 4.69) is 20.1 Å². The predicted molar refractivity (Wildman–Crippen MR) is 130 cm³/mol. The normalized spacial score (nSPS) is 22.0. The van der Waals surface area contributed by atoms with E-state index in [0.29, 0.717) is 23.7 Å². The largest absolute Gasteiger partial charge is 0.379 e. The number of imide groups is 1. The van der Waals surface area contributed by atoms with Gasteiger partial charge in [0.05, 0.1) is 24.3 Å². The van der Waals surface area contributed by atoms with Gasteiger partial charge in [0.1, 0.15) is 0 Å². The van der Waals surface area contributed by atoms with Crippen molar-refractivity contribution in [3.63, 3.8) is 0 Å². The molecule has 2 amide bonds. The van der Waals surface area contributed by atoms with Crippen LogP contribution in [-0.2, 0) is 4.74 Å². The first-order valence-electron chi connectivity index (χ1n) is 10.9. The number of unbranched alkanes of at least 4 members (excludes halogenated alkanes) is 1. The molecule has 3 heterocycles. The SMILES string of the molecule is CN=C(NCCCCN1C(=O)c2ccccc2C1=O)N1CCC(N2CCOCC2)C1.I. The van der Waals surface area contributed by atoms with E-state index < -0.39 is 0 Å². The van der Waals surface area contributed by atoms with Gasteiger partial charge in [-0.3, -0.25) is 24.4 Å². The summed E-state index contributed by atoms with van der Waals surface area (Å²) in [6.45, 7) is 6.92. The number of nitrogens with one attached hydrogen (secondary N) is 1. The fourth-order valence-corrected chi connectivity index (χ4v) is 4.54. The zero-order valence-corrected chi connectivity index (χ0v) is 20.4. The lowest BCUT2D eigenvalue weighted by molar-refractivity contribution is 0.0195. The third-order valence-corrected chi connectivity index (χ3v) is 6.21. The van der Waals surface area contributed by atoms with Crippen molar-refractivity contribution in [1.29, 1.82) is 0 Å². The molecule has 31 heavy (non-hydrogen) atoms. The number of hydrogen-bond acceptors (Lipinski definition) is 5. The van der Waals surface area contributed by atoms with Crippen LogP contribution >= 0.6 is 24.0 Å². The standard InChI is InChI=1S/C22H31N5O3.HI/c1-23-22(26-11-8-17(16-26)25-12-14-30-15-13-25)24-9-4-5-10-27-20(28)18-6-2-3-7-19(18)21(27)29;/h2-3,6-7,17H,4-5,8-16H2,1H3,(H,23,24);1H. The molecule has 1 atom stereocenters. The van der Waals surface area contributed by atoms with Crippen molar-refractivity contribution >= 4 is 41.8 Å². The Bertz CT molecular complexity index is 777. The van der Waals surface area contributed by atoms with Gasteiger partial charge in [0.15, 0.2) is 5.96 Å². The van der Waals surface area contributed by atoms with Crippen molar-refractivity contribution in [2.24, 2.45) is 4.99 Å². The summed E-state index contributed by atoms with van der Waals surface area (Å²) < 4.78 is 5.46. The molecule has 8 nitrogen and oxygen atoms in total. The van der Waals surface area contributed by atoms with Crippen LogP contribution in [0.1, 0.15) is 40.0 Å². The molecular weight excluding hydrogens is 509 g/mol. The molecule has 9 heteroatoms. The highest BCUT2D eigenvalue weighted by Gasteiger charge is 2.34. The van der Waals surface area contributed by atoms with E-state index in [1.807, 2.05) is 7.05 Å². The number of benzene rings is 1. The molecule has 1 N–H and O–H groups in total. The highest BCUT2D eigenvalue weighted by Crippen LogP contribution is 2.22. The number of aliphatic imine (C=N–C) groups is 1. The number of fused-ring (bicyclic) bond motifs is 1. The van der Waals surface area contributed by atoms with Crippen LogP contribution < -0.4 is 5.32 Å². The summed E-state index contributed by atoms with van der Waals surface area (Å²) in [5, 5.41) is 3.44. The lowest BCUT2D eigenvalue weighted by Crippen LogP contribution is -2.46. The van der Waals surface area contributed by atoms with Gasteiger partial charge in [-0.25, -0.2) is 0 Å². The predicted octanol–water partition coefficient (Wildman–Crippen LogP) is 1.66. The Morgan fingerprint density at radius 3 is 2.42 bits per heavy atom. The lowest BCUT2D eigenvalue weighted by Gasteiger charge is -2.32. The molecule has 1 unspecified atom stereocenters. The van der Waals surface area contributed by atoms with E-state index in [-0.39, 0.29) is 35.8 Å². The van der Waals surface area contributed by atoms with E-state index in [9.17, 15) is 9.59 Å². The third kappa shape index (κ3) is 5.38. The highest BCUT2D eigenvalue weighted by atomic mass is 127. The van der Waals surface area contributed by atoms with Gasteiger partial charge < -0.3 is 15.0 Å². The molecule has 0 aromatic heterocycles. The van der Waals surface area contributed by atoms with Crippen LogP contribution in [0.15, 0.2) is 29.3 Å². The Labute approximate surface area is 201 Å². The summed E-state index contributed by atoms with van der Waals surface area (Å²) in [5.74, 6) is 0.586. The van der Waals surface area contributed by atoms with Crippen LogP contribution in [0, 0.1) is 0 Å². The Morgan fingerprint density at radius 2 is 1.77 bits per heavy atom. The molecule has 0 spiro atoms. The quantitative estimate of drug-likeness (QED) is 0.194. The van der Waals surface area contributed by atoms with Gasteiger partial charge in [-0.1, -0.05) is 12.1 Å². The first-order chi connectivity index (χ1) is 14.7. The second kappa shape index (κ2) is 11.2. The second-order valence-electron chi connectivity index (χ2n) is 8.03. The fourth-order valence-electron chi connectivity index (χ4n) is 4.54. The van der Waals surface area contributed by atoms with Gasteiger partial charge >= 0.3 is 0 Å². The average Bonchev–Trinajstić information content (AvgIpc) is 3.36. The molecule has 3 aliphatic heterocycles. The average molecular weight is 541 g/mol. The van der Waals surface area contributed by atoms with Crippen LogP contribution in [0.2, 0.25) is 0 Å². The minimum atomic E-state index is -0.175. The van der Waals surface area contributed by atoms with Crippen molar-refractivity contribution in [2.45, 2.75) is 25.3 Å². The molecule has 0 radical (unpaired) electrons. The van der Waals surface area contributed by atoms with Crippen molar-refractivity contribution in [3.8, 4) is 0 Å². The Hall–Kier alpha value is -1.72. The van der Waals surface area contributed by atoms with Crippen LogP contribution in [0.25, 0.3) is 0 Å². The number of hydrogen-bond donors (Lipinski definition) is 1. The maximum Gasteiger partial charge on any atom is 0.261 e. The number of morpholine rings is 1. The maximum atomic E-state index is 12.4. The van der Waals surface area contributed by atoms with E-state index >= 15 is 0 Å². The summed E-state index contributed by atoms with van der Waals surface area (Å²) in [6, 6.07) is 7.61. The molecule has 1 aromatic carbocycles. The number of guanidine groups is 1. The maximum absolute atomic E-state index is 12.4. The number of carbonyl (C=O) groups excluding carboxylic acids is 2. The minimum Gasteiger partial charge on any atom is -0.379 e. The Kier molecular flexibility index (Phi) is 8.67. The zero-order valence-electron chi connectivity index (χ0n) is 18.1. The minimum absolute atomic E-state index is 0. The van der Waals surface area contributed by atoms with E-state index in [0.717, 1.165) is 71.2 Å². The third-order valence-electron chi connectivity index (χ3n) is 6.21. The molecule has 3 aliphatic rings. The van der Waals surface area contributed by atoms with Gasteiger partial charge in [-0.05, 0) is 31.4 Å². The van der Waals surface area contributed by atoms with Gasteiger partial charge in [-0.15, -0.1) is 24.0 Å². The van der Waals surface area contributed by atoms with Gasteiger partial charge in [0, 0.05) is 52.4 Å². The topological polar surface area (TPSA) is 77.5 Å². The van der Waals surface area contributed by atoms with Crippen molar-refractivity contribution in [3.05, 3.63) is 35.4 Å². The van der Waals surface area contributed by atoms with Crippen molar-refractivity contribution < 1.29 is 14.3 Å². The van der Waals surface area contributed by atoms with Gasteiger partial charge in [0.25, 0.3) is 11.8 Å². The summed E-state index contributed by atoms with van der Waals surface area (Å²) >= 11 is 0. The Balaban J connectivity index is 0.00000272. The van der Waals surface area contributed by atoms with Crippen molar-refractivity contribution in [1.82, 2.24) is 20.0 Å². The highest BCUT2D eigenvalue weighted by molar-refractivity contribution is 14.0. The summed E-state index contributed by atoms with van der Waals surface area (Å²) in [5.41, 5.74) is 1.04. The fraction of sp³-hybridized carbons (Fsp3) is 0.591. The number of rotatable bonds is 6. The number of amides is 2. The molecule has 2 fully saturated rings. The molecule has 0 saturated carbocycles. The zero-order chi connectivity index (χ0) is 20.9.